The molecule has 2 atom stereocenters. The van der Waals surface area contributed by atoms with E-state index in [4.69, 9.17) is 16.3 Å². The standard InChI is InChI=1S/C19H18ClN3O3/c1-26-17-7-6-11(20)8-13(17)18(24)21-12-9-16-19(25)22-14-4-2-3-5-15(14)23(16)10-12/h2-8,12,16H,9-10H2,1H3,(H,21,24)(H,22,25)/t12-,16-/m1/s1. The number of anilines is 2. The normalized spacial score (nSPS) is 20.8. The van der Waals surface area contributed by atoms with Crippen LogP contribution in [0.4, 0.5) is 11.4 Å². The number of benzene rings is 2. The number of methoxy groups -OCH3 is 1. The van der Waals surface area contributed by atoms with Crippen LogP contribution in [0.2, 0.25) is 5.02 Å². The lowest BCUT2D eigenvalue weighted by molar-refractivity contribution is -0.117. The highest BCUT2D eigenvalue weighted by atomic mass is 35.5. The maximum Gasteiger partial charge on any atom is 0.255 e. The smallest absolute Gasteiger partial charge is 0.255 e. The SMILES string of the molecule is COc1ccc(Cl)cc1C(=O)N[C@@H]1C[C@@H]2C(=O)Nc3ccccc3N2C1. The first-order valence-electron chi connectivity index (χ1n) is 8.38. The Hall–Kier alpha value is -2.73. The molecule has 2 aliphatic rings. The summed E-state index contributed by atoms with van der Waals surface area (Å²) in [5, 5.41) is 6.40. The number of fused-ring (bicyclic) bond motifs is 3. The fourth-order valence-electron chi connectivity index (χ4n) is 3.62. The van der Waals surface area contributed by atoms with Gasteiger partial charge in [0.15, 0.2) is 0 Å². The molecule has 2 aromatic rings. The van der Waals surface area contributed by atoms with E-state index in [-0.39, 0.29) is 23.9 Å². The number of hydrogen-bond acceptors (Lipinski definition) is 4. The number of rotatable bonds is 3. The van der Waals surface area contributed by atoms with Crippen molar-refractivity contribution in [3.63, 3.8) is 0 Å². The van der Waals surface area contributed by atoms with E-state index < -0.39 is 0 Å². The Kier molecular flexibility index (Phi) is 4.20. The minimum atomic E-state index is -0.281. The van der Waals surface area contributed by atoms with Crippen LogP contribution in [0.3, 0.4) is 0 Å². The lowest BCUT2D eigenvalue weighted by Gasteiger charge is -2.32. The Bertz CT molecular complexity index is 886. The van der Waals surface area contributed by atoms with Gasteiger partial charge >= 0.3 is 0 Å². The molecule has 0 aromatic heterocycles. The molecule has 0 aliphatic carbocycles. The van der Waals surface area contributed by atoms with Gasteiger partial charge in [0.25, 0.3) is 5.91 Å². The number of nitrogens with zero attached hydrogens (tertiary/aromatic N) is 1. The maximum atomic E-state index is 12.7. The molecule has 2 amide bonds. The van der Waals surface area contributed by atoms with Crippen molar-refractivity contribution in [3.05, 3.63) is 53.1 Å². The van der Waals surface area contributed by atoms with Crippen LogP contribution in [0.5, 0.6) is 5.75 Å². The molecule has 1 fully saturated rings. The zero-order valence-corrected chi connectivity index (χ0v) is 14.9. The largest absolute Gasteiger partial charge is 0.496 e. The van der Waals surface area contributed by atoms with Gasteiger partial charge in [-0.2, -0.15) is 0 Å². The molecule has 26 heavy (non-hydrogen) atoms. The summed E-state index contributed by atoms with van der Waals surface area (Å²) in [7, 11) is 1.51. The van der Waals surface area contributed by atoms with Gasteiger partial charge < -0.3 is 20.3 Å². The van der Waals surface area contributed by atoms with Gasteiger partial charge in [-0.15, -0.1) is 0 Å². The summed E-state index contributed by atoms with van der Waals surface area (Å²) in [6.45, 7) is 0.573. The van der Waals surface area contributed by atoms with Gasteiger partial charge in [-0.3, -0.25) is 9.59 Å². The van der Waals surface area contributed by atoms with Gasteiger partial charge in [0.2, 0.25) is 5.91 Å². The highest BCUT2D eigenvalue weighted by molar-refractivity contribution is 6.31. The fourth-order valence-corrected chi connectivity index (χ4v) is 3.79. The van der Waals surface area contributed by atoms with Crippen LogP contribution in [0.1, 0.15) is 16.8 Å². The van der Waals surface area contributed by atoms with Gasteiger partial charge in [-0.05, 0) is 36.8 Å². The monoisotopic (exact) mass is 371 g/mol. The fraction of sp³-hybridized carbons (Fsp3) is 0.263. The van der Waals surface area contributed by atoms with Crippen LogP contribution in [-0.4, -0.2) is 37.6 Å². The van der Waals surface area contributed by atoms with Crippen molar-refractivity contribution in [2.75, 3.05) is 23.9 Å². The first-order chi connectivity index (χ1) is 12.6. The van der Waals surface area contributed by atoms with Gasteiger partial charge in [-0.1, -0.05) is 23.7 Å². The number of carbonyl (C=O) groups excluding carboxylic acids is 2. The highest BCUT2D eigenvalue weighted by Crippen LogP contribution is 2.36. The second kappa shape index (κ2) is 6.53. The zero-order valence-electron chi connectivity index (χ0n) is 14.2. The molecule has 6 nitrogen and oxygen atoms in total. The molecule has 1 saturated heterocycles. The molecular weight excluding hydrogens is 354 g/mol. The lowest BCUT2D eigenvalue weighted by atomic mass is 10.1. The van der Waals surface area contributed by atoms with Crippen LogP contribution in [0.15, 0.2) is 42.5 Å². The van der Waals surface area contributed by atoms with Gasteiger partial charge in [0.1, 0.15) is 11.8 Å². The Labute approximate surface area is 156 Å². The molecule has 2 N–H and O–H groups in total. The number of halogens is 1. The maximum absolute atomic E-state index is 12.7. The topological polar surface area (TPSA) is 70.7 Å². The van der Waals surface area contributed by atoms with Gasteiger partial charge in [-0.25, -0.2) is 0 Å². The van der Waals surface area contributed by atoms with E-state index in [9.17, 15) is 9.59 Å². The van der Waals surface area contributed by atoms with Crippen LogP contribution in [0, 0.1) is 0 Å². The van der Waals surface area contributed by atoms with Crippen LogP contribution < -0.4 is 20.3 Å². The predicted molar refractivity (Wildman–Crippen MR) is 100 cm³/mol. The van der Waals surface area contributed by atoms with Crippen molar-refractivity contribution in [3.8, 4) is 5.75 Å². The second-order valence-electron chi connectivity index (χ2n) is 6.43. The average molecular weight is 372 g/mol. The lowest BCUT2D eigenvalue weighted by Crippen LogP contribution is -2.44. The van der Waals surface area contributed by atoms with Crippen LogP contribution in [0.25, 0.3) is 0 Å². The van der Waals surface area contributed by atoms with E-state index in [1.807, 2.05) is 29.2 Å². The first kappa shape index (κ1) is 16.7. The number of carbonyl (C=O) groups is 2. The van der Waals surface area contributed by atoms with E-state index in [1.54, 1.807) is 18.2 Å². The van der Waals surface area contributed by atoms with E-state index >= 15 is 0 Å². The van der Waals surface area contributed by atoms with Crippen molar-refractivity contribution >= 4 is 34.8 Å². The van der Waals surface area contributed by atoms with E-state index in [0.29, 0.717) is 29.3 Å². The number of nitrogens with one attached hydrogen (secondary N) is 2. The van der Waals surface area contributed by atoms with E-state index in [0.717, 1.165) is 11.4 Å². The summed E-state index contributed by atoms with van der Waals surface area (Å²) in [6.07, 6.45) is 0.550. The summed E-state index contributed by atoms with van der Waals surface area (Å²) < 4.78 is 5.25. The molecule has 2 aliphatic heterocycles. The molecule has 2 heterocycles. The van der Waals surface area contributed by atoms with E-state index in [1.165, 1.54) is 7.11 Å². The van der Waals surface area contributed by atoms with Crippen molar-refractivity contribution in [1.82, 2.24) is 5.32 Å². The minimum absolute atomic E-state index is 0.0409. The third kappa shape index (κ3) is 2.86. The quantitative estimate of drug-likeness (QED) is 0.870. The van der Waals surface area contributed by atoms with Crippen LogP contribution in [-0.2, 0) is 4.79 Å². The van der Waals surface area contributed by atoms with Gasteiger partial charge in [0, 0.05) is 17.6 Å². The molecule has 134 valence electrons. The minimum Gasteiger partial charge on any atom is -0.496 e. The van der Waals surface area contributed by atoms with Crippen molar-refractivity contribution in [1.29, 1.82) is 0 Å². The summed E-state index contributed by atoms with van der Waals surface area (Å²) in [6, 6.07) is 12.2. The Morgan fingerprint density at radius 2 is 2.12 bits per heavy atom. The average Bonchev–Trinajstić information content (AvgIpc) is 3.06. The molecule has 4 rings (SSSR count). The first-order valence-corrected chi connectivity index (χ1v) is 8.75. The number of para-hydroxylation sites is 2. The van der Waals surface area contributed by atoms with E-state index in [2.05, 4.69) is 10.6 Å². The number of ether oxygens (including phenoxy) is 1. The third-order valence-electron chi connectivity index (χ3n) is 4.82. The predicted octanol–water partition coefficient (Wildman–Crippen LogP) is 2.68. The summed E-state index contributed by atoms with van der Waals surface area (Å²) >= 11 is 6.01. The van der Waals surface area contributed by atoms with Crippen LogP contribution >= 0.6 is 11.6 Å². The Morgan fingerprint density at radius 1 is 1.31 bits per heavy atom. The third-order valence-corrected chi connectivity index (χ3v) is 5.05. The van der Waals surface area contributed by atoms with Crippen molar-refractivity contribution < 1.29 is 14.3 Å². The molecule has 0 saturated carbocycles. The summed E-state index contributed by atoms with van der Waals surface area (Å²) in [4.78, 5) is 27.1. The zero-order chi connectivity index (χ0) is 18.3. The van der Waals surface area contributed by atoms with Gasteiger partial charge in [0.05, 0.1) is 24.0 Å². The molecule has 0 unspecified atom stereocenters. The number of amides is 2. The van der Waals surface area contributed by atoms with Crippen molar-refractivity contribution in [2.45, 2.75) is 18.5 Å². The van der Waals surface area contributed by atoms with Crippen molar-refractivity contribution in [2.24, 2.45) is 0 Å². The molecule has 0 spiro atoms. The second-order valence-corrected chi connectivity index (χ2v) is 6.86. The number of hydrogen-bond donors (Lipinski definition) is 2. The molecule has 0 radical (unpaired) electrons. The molecule has 7 heteroatoms. The molecular formula is C19H18ClN3O3. The molecule has 2 aromatic carbocycles. The Morgan fingerprint density at radius 3 is 2.92 bits per heavy atom. The summed E-state index contributed by atoms with van der Waals surface area (Å²) in [5.74, 6) is 0.161. The summed E-state index contributed by atoms with van der Waals surface area (Å²) in [5.41, 5.74) is 2.17. The Balaban J connectivity index is 1.54. The highest BCUT2D eigenvalue weighted by Gasteiger charge is 2.41. The molecule has 0 bridgehead atoms.